The Bertz CT molecular complexity index is 574. The lowest BCUT2D eigenvalue weighted by Gasteiger charge is -2.28. The molecule has 1 rings (SSSR count). The molecule has 1 aromatic rings. The summed E-state index contributed by atoms with van der Waals surface area (Å²) in [5, 5.41) is 5.50. The predicted octanol–water partition coefficient (Wildman–Crippen LogP) is 2.04. The van der Waals surface area contributed by atoms with Crippen LogP contribution in [0.4, 0.5) is 0 Å². The van der Waals surface area contributed by atoms with Crippen LogP contribution >= 0.6 is 0 Å². The fourth-order valence-corrected chi connectivity index (χ4v) is 2.53. The van der Waals surface area contributed by atoms with Crippen LogP contribution in [0.15, 0.2) is 30.3 Å². The van der Waals surface area contributed by atoms with Crippen molar-refractivity contribution in [2.45, 2.75) is 51.6 Å². The molecule has 2 unspecified atom stereocenters. The van der Waals surface area contributed by atoms with E-state index in [0.29, 0.717) is 12.0 Å². The summed E-state index contributed by atoms with van der Waals surface area (Å²) in [6, 6.07) is 8.43. The van der Waals surface area contributed by atoms with Gasteiger partial charge in [0.05, 0.1) is 7.11 Å². The largest absolute Gasteiger partial charge is 0.467 e. The molecule has 0 aliphatic rings. The van der Waals surface area contributed by atoms with Gasteiger partial charge in [0.1, 0.15) is 5.54 Å². The van der Waals surface area contributed by atoms with Crippen LogP contribution in [0.1, 0.15) is 50.4 Å². The molecule has 0 spiro atoms. The topological polar surface area (TPSA) is 84.5 Å². The van der Waals surface area contributed by atoms with Crippen molar-refractivity contribution in [2.75, 3.05) is 7.11 Å². The van der Waals surface area contributed by atoms with Crippen LogP contribution in [0, 0.1) is 0 Å². The lowest BCUT2D eigenvalue weighted by molar-refractivity contribution is -0.150. The fraction of sp³-hybridized carbons (Fsp3) is 0.500. The van der Waals surface area contributed by atoms with Gasteiger partial charge >= 0.3 is 5.97 Å². The highest BCUT2D eigenvalue weighted by Crippen LogP contribution is 2.15. The Morgan fingerprint density at radius 1 is 1.21 bits per heavy atom. The molecular formula is C18H26N2O4. The van der Waals surface area contributed by atoms with Crippen LogP contribution in [-0.4, -0.2) is 36.5 Å². The highest BCUT2D eigenvalue weighted by atomic mass is 16.5. The van der Waals surface area contributed by atoms with Crippen molar-refractivity contribution >= 4 is 17.8 Å². The van der Waals surface area contributed by atoms with E-state index in [0.717, 1.165) is 6.42 Å². The number of benzene rings is 1. The SMILES string of the molecule is CCCC(C)(NC(=O)CC(C)NC(=O)c1ccccc1)C(=O)OC. The van der Waals surface area contributed by atoms with Crippen molar-refractivity contribution in [2.24, 2.45) is 0 Å². The van der Waals surface area contributed by atoms with Crippen LogP contribution in [0.3, 0.4) is 0 Å². The van der Waals surface area contributed by atoms with E-state index in [9.17, 15) is 14.4 Å². The Balaban J connectivity index is 2.59. The third-order valence-electron chi connectivity index (χ3n) is 3.71. The van der Waals surface area contributed by atoms with E-state index < -0.39 is 11.5 Å². The molecule has 6 nitrogen and oxygen atoms in total. The number of carbonyl (C=O) groups excluding carboxylic acids is 3. The summed E-state index contributed by atoms with van der Waals surface area (Å²) in [5.74, 6) is -1.02. The van der Waals surface area contributed by atoms with E-state index in [2.05, 4.69) is 10.6 Å². The molecule has 0 saturated heterocycles. The van der Waals surface area contributed by atoms with Gasteiger partial charge in [0.2, 0.25) is 5.91 Å². The maximum atomic E-state index is 12.2. The number of carbonyl (C=O) groups is 3. The summed E-state index contributed by atoms with van der Waals surface area (Å²) in [6.07, 6.45) is 1.29. The molecule has 0 bridgehead atoms. The lowest BCUT2D eigenvalue weighted by atomic mass is 9.95. The molecule has 0 aliphatic carbocycles. The minimum Gasteiger partial charge on any atom is -0.467 e. The molecule has 2 atom stereocenters. The van der Waals surface area contributed by atoms with Gasteiger partial charge in [-0.2, -0.15) is 0 Å². The zero-order valence-electron chi connectivity index (χ0n) is 14.7. The Morgan fingerprint density at radius 2 is 1.83 bits per heavy atom. The highest BCUT2D eigenvalue weighted by Gasteiger charge is 2.35. The van der Waals surface area contributed by atoms with Crippen LogP contribution in [-0.2, 0) is 14.3 Å². The molecule has 1 aromatic carbocycles. The molecule has 0 saturated carbocycles. The second-order valence-corrected chi connectivity index (χ2v) is 6.07. The van der Waals surface area contributed by atoms with Crippen molar-refractivity contribution in [3.8, 4) is 0 Å². The summed E-state index contributed by atoms with van der Waals surface area (Å²) in [4.78, 5) is 36.2. The van der Waals surface area contributed by atoms with Gasteiger partial charge < -0.3 is 15.4 Å². The van der Waals surface area contributed by atoms with E-state index in [-0.39, 0.29) is 24.3 Å². The van der Waals surface area contributed by atoms with Gasteiger partial charge in [-0.1, -0.05) is 31.5 Å². The van der Waals surface area contributed by atoms with Crippen molar-refractivity contribution in [1.29, 1.82) is 0 Å². The average molecular weight is 334 g/mol. The molecule has 6 heteroatoms. The number of methoxy groups -OCH3 is 1. The minimum atomic E-state index is -1.05. The predicted molar refractivity (Wildman–Crippen MR) is 91.5 cm³/mol. The smallest absolute Gasteiger partial charge is 0.331 e. The molecule has 132 valence electrons. The second kappa shape index (κ2) is 9.05. The highest BCUT2D eigenvalue weighted by molar-refractivity contribution is 5.94. The first kappa shape index (κ1) is 19.7. The Morgan fingerprint density at radius 3 is 2.38 bits per heavy atom. The number of hydrogen-bond acceptors (Lipinski definition) is 4. The maximum Gasteiger partial charge on any atom is 0.331 e. The molecule has 0 aliphatic heterocycles. The van der Waals surface area contributed by atoms with E-state index in [1.54, 1.807) is 38.1 Å². The number of rotatable bonds is 8. The number of esters is 1. The monoisotopic (exact) mass is 334 g/mol. The third kappa shape index (κ3) is 5.68. The van der Waals surface area contributed by atoms with E-state index >= 15 is 0 Å². The summed E-state index contributed by atoms with van der Waals surface area (Å²) < 4.78 is 4.77. The van der Waals surface area contributed by atoms with Crippen LogP contribution in [0.5, 0.6) is 0 Å². The van der Waals surface area contributed by atoms with Crippen molar-refractivity contribution in [1.82, 2.24) is 10.6 Å². The first-order valence-corrected chi connectivity index (χ1v) is 8.07. The zero-order chi connectivity index (χ0) is 18.2. The van der Waals surface area contributed by atoms with E-state index in [4.69, 9.17) is 4.74 Å². The number of hydrogen-bond donors (Lipinski definition) is 2. The second-order valence-electron chi connectivity index (χ2n) is 6.07. The van der Waals surface area contributed by atoms with Crippen LogP contribution in [0.25, 0.3) is 0 Å². The minimum absolute atomic E-state index is 0.0782. The number of ether oxygens (including phenoxy) is 1. The van der Waals surface area contributed by atoms with Crippen molar-refractivity contribution in [3.63, 3.8) is 0 Å². The molecule has 24 heavy (non-hydrogen) atoms. The fourth-order valence-electron chi connectivity index (χ4n) is 2.53. The molecule has 2 N–H and O–H groups in total. The van der Waals surface area contributed by atoms with Crippen LogP contribution in [0.2, 0.25) is 0 Å². The Hall–Kier alpha value is -2.37. The van der Waals surface area contributed by atoms with Gasteiger partial charge in [-0.25, -0.2) is 4.79 Å². The summed E-state index contributed by atoms with van der Waals surface area (Å²) in [5.41, 5.74) is -0.515. The van der Waals surface area contributed by atoms with Crippen molar-refractivity contribution < 1.29 is 19.1 Å². The zero-order valence-corrected chi connectivity index (χ0v) is 14.7. The number of nitrogens with one attached hydrogen (secondary N) is 2. The average Bonchev–Trinajstić information content (AvgIpc) is 2.54. The first-order valence-electron chi connectivity index (χ1n) is 8.07. The maximum absolute atomic E-state index is 12.2. The quantitative estimate of drug-likeness (QED) is 0.713. The Kier molecular flexibility index (Phi) is 7.42. The first-order chi connectivity index (χ1) is 11.3. The summed E-state index contributed by atoms with van der Waals surface area (Å²) >= 11 is 0. The Labute approximate surface area is 143 Å². The third-order valence-corrected chi connectivity index (χ3v) is 3.71. The molecular weight excluding hydrogens is 308 g/mol. The van der Waals surface area contributed by atoms with Gasteiger partial charge in [-0.15, -0.1) is 0 Å². The van der Waals surface area contributed by atoms with Gasteiger partial charge in [0.25, 0.3) is 5.91 Å². The summed E-state index contributed by atoms with van der Waals surface area (Å²) in [6.45, 7) is 5.32. The standard InChI is InChI=1S/C18H26N2O4/c1-5-11-18(3,17(23)24-4)20-15(21)12-13(2)19-16(22)14-9-7-6-8-10-14/h6-10,13H,5,11-12H2,1-4H3,(H,19,22)(H,20,21). The summed E-state index contributed by atoms with van der Waals surface area (Å²) in [7, 11) is 1.30. The number of amides is 2. The van der Waals surface area contributed by atoms with Crippen LogP contribution < -0.4 is 10.6 Å². The molecule has 0 aromatic heterocycles. The van der Waals surface area contributed by atoms with Gasteiger partial charge in [0.15, 0.2) is 0 Å². The van der Waals surface area contributed by atoms with E-state index in [1.807, 2.05) is 13.0 Å². The normalized spacial score (nSPS) is 14.2. The van der Waals surface area contributed by atoms with Gasteiger partial charge in [0, 0.05) is 18.0 Å². The molecule has 0 radical (unpaired) electrons. The van der Waals surface area contributed by atoms with Crippen molar-refractivity contribution in [3.05, 3.63) is 35.9 Å². The lowest BCUT2D eigenvalue weighted by Crippen LogP contribution is -2.53. The molecule has 0 fully saturated rings. The van der Waals surface area contributed by atoms with Gasteiger partial charge in [-0.3, -0.25) is 9.59 Å². The van der Waals surface area contributed by atoms with Gasteiger partial charge in [-0.05, 0) is 32.4 Å². The van der Waals surface area contributed by atoms with E-state index in [1.165, 1.54) is 7.11 Å². The molecule has 0 heterocycles. The molecule has 2 amide bonds.